The number of nitrogens with one attached hydrogen (secondary N) is 1. The fourth-order valence-corrected chi connectivity index (χ4v) is 2.21. The fraction of sp³-hybridized carbons (Fsp3) is 0.235. The molecule has 0 aliphatic carbocycles. The predicted molar refractivity (Wildman–Crippen MR) is 87.6 cm³/mol. The summed E-state index contributed by atoms with van der Waals surface area (Å²) in [5.41, 5.74) is 9.39. The number of benzene rings is 2. The van der Waals surface area contributed by atoms with Crippen molar-refractivity contribution in [3.8, 4) is 0 Å². The lowest BCUT2D eigenvalue weighted by Gasteiger charge is -2.22. The summed E-state index contributed by atoms with van der Waals surface area (Å²) >= 11 is 0. The van der Waals surface area contributed by atoms with Crippen LogP contribution < -0.4 is 16.0 Å². The van der Waals surface area contributed by atoms with Crippen LogP contribution in [0.5, 0.6) is 0 Å². The van der Waals surface area contributed by atoms with Gasteiger partial charge in [0.1, 0.15) is 0 Å². The van der Waals surface area contributed by atoms with Crippen molar-refractivity contribution in [2.75, 3.05) is 16.8 Å². The molecule has 0 saturated heterocycles. The number of carbonyl (C=O) groups excluding carboxylic acids is 1. The first-order valence-corrected chi connectivity index (χ1v) is 7.08. The van der Waals surface area contributed by atoms with Gasteiger partial charge in [0, 0.05) is 24.5 Å². The summed E-state index contributed by atoms with van der Waals surface area (Å²) < 4.78 is 0. The van der Waals surface area contributed by atoms with Crippen LogP contribution in [-0.2, 0) is 6.54 Å². The Morgan fingerprint density at radius 2 is 1.95 bits per heavy atom. The first-order chi connectivity index (χ1) is 10.1. The highest BCUT2D eigenvalue weighted by molar-refractivity contribution is 6.01. The number of amides is 2. The van der Waals surface area contributed by atoms with Gasteiger partial charge in [-0.1, -0.05) is 24.3 Å². The van der Waals surface area contributed by atoms with Crippen molar-refractivity contribution >= 4 is 17.4 Å². The van der Waals surface area contributed by atoms with Crippen LogP contribution in [0.25, 0.3) is 0 Å². The van der Waals surface area contributed by atoms with Crippen molar-refractivity contribution in [3.05, 3.63) is 59.7 Å². The second-order valence-electron chi connectivity index (χ2n) is 4.92. The number of nitrogens with zero attached hydrogens (tertiary/aromatic N) is 1. The highest BCUT2D eigenvalue weighted by atomic mass is 16.2. The van der Waals surface area contributed by atoms with E-state index in [-0.39, 0.29) is 6.03 Å². The van der Waals surface area contributed by atoms with Gasteiger partial charge < -0.3 is 11.1 Å². The third kappa shape index (κ3) is 3.83. The minimum atomic E-state index is -0.141. The van der Waals surface area contributed by atoms with E-state index in [0.29, 0.717) is 13.1 Å². The number of anilines is 2. The van der Waals surface area contributed by atoms with Gasteiger partial charge in [0.15, 0.2) is 0 Å². The molecule has 0 aromatic heterocycles. The molecule has 110 valence electrons. The molecule has 0 atom stereocenters. The molecule has 0 aliphatic heterocycles. The van der Waals surface area contributed by atoms with E-state index < -0.39 is 0 Å². The third-order valence-electron chi connectivity index (χ3n) is 3.29. The number of urea groups is 1. The Morgan fingerprint density at radius 3 is 2.62 bits per heavy atom. The summed E-state index contributed by atoms with van der Waals surface area (Å²) in [5, 5.41) is 2.92. The second kappa shape index (κ2) is 6.90. The molecule has 21 heavy (non-hydrogen) atoms. The molecular formula is C17H21N3O. The fourth-order valence-electron chi connectivity index (χ4n) is 2.21. The Balaban J connectivity index is 2.16. The van der Waals surface area contributed by atoms with Crippen molar-refractivity contribution in [2.24, 2.45) is 5.73 Å². The lowest BCUT2D eigenvalue weighted by Crippen LogP contribution is -2.34. The molecule has 0 heterocycles. The minimum Gasteiger partial charge on any atom is -0.326 e. The molecule has 0 saturated carbocycles. The summed E-state index contributed by atoms with van der Waals surface area (Å²) in [4.78, 5) is 14.1. The molecule has 0 aliphatic rings. The van der Waals surface area contributed by atoms with E-state index in [0.717, 1.165) is 22.5 Å². The average Bonchev–Trinajstić information content (AvgIpc) is 2.48. The van der Waals surface area contributed by atoms with E-state index in [1.165, 1.54) is 0 Å². The molecule has 3 N–H and O–H groups in total. The van der Waals surface area contributed by atoms with Crippen LogP contribution in [0.1, 0.15) is 18.1 Å². The maximum atomic E-state index is 12.4. The molecule has 2 aromatic rings. The summed E-state index contributed by atoms with van der Waals surface area (Å²) in [5.74, 6) is 0. The first-order valence-electron chi connectivity index (χ1n) is 7.08. The van der Waals surface area contributed by atoms with E-state index in [1.807, 2.05) is 62.4 Å². The quantitative estimate of drug-likeness (QED) is 0.902. The van der Waals surface area contributed by atoms with Crippen molar-refractivity contribution in [3.63, 3.8) is 0 Å². The van der Waals surface area contributed by atoms with Gasteiger partial charge in [0.2, 0.25) is 0 Å². The number of hydrogen-bond donors (Lipinski definition) is 2. The first kappa shape index (κ1) is 15.1. The van der Waals surface area contributed by atoms with Crippen LogP contribution in [0.3, 0.4) is 0 Å². The van der Waals surface area contributed by atoms with Gasteiger partial charge in [0.05, 0.1) is 0 Å². The van der Waals surface area contributed by atoms with Crippen LogP contribution in [-0.4, -0.2) is 12.6 Å². The largest absolute Gasteiger partial charge is 0.326 e. The molecule has 0 spiro atoms. The van der Waals surface area contributed by atoms with Gasteiger partial charge in [-0.05, 0) is 49.2 Å². The van der Waals surface area contributed by atoms with Gasteiger partial charge >= 0.3 is 6.03 Å². The van der Waals surface area contributed by atoms with Crippen LogP contribution in [0.4, 0.5) is 16.2 Å². The van der Waals surface area contributed by atoms with Gasteiger partial charge in [-0.25, -0.2) is 4.79 Å². The van der Waals surface area contributed by atoms with E-state index in [2.05, 4.69) is 5.32 Å². The van der Waals surface area contributed by atoms with E-state index >= 15 is 0 Å². The molecule has 4 nitrogen and oxygen atoms in total. The number of aryl methyl sites for hydroxylation is 1. The Hall–Kier alpha value is -2.33. The number of hydrogen-bond acceptors (Lipinski definition) is 2. The topological polar surface area (TPSA) is 58.4 Å². The second-order valence-corrected chi connectivity index (χ2v) is 4.92. The summed E-state index contributed by atoms with van der Waals surface area (Å²) in [6.45, 7) is 5.03. The van der Waals surface area contributed by atoms with Crippen molar-refractivity contribution in [2.45, 2.75) is 20.4 Å². The number of carbonyl (C=O) groups is 1. The van der Waals surface area contributed by atoms with Gasteiger partial charge in [-0.3, -0.25) is 4.90 Å². The molecular weight excluding hydrogens is 262 g/mol. The maximum Gasteiger partial charge on any atom is 0.326 e. The molecule has 0 unspecified atom stereocenters. The number of nitrogens with two attached hydrogens (primary N) is 1. The zero-order chi connectivity index (χ0) is 15.2. The zero-order valence-corrected chi connectivity index (χ0v) is 12.5. The lowest BCUT2D eigenvalue weighted by molar-refractivity contribution is 0.257. The highest BCUT2D eigenvalue weighted by Gasteiger charge is 2.14. The molecule has 2 aromatic carbocycles. The van der Waals surface area contributed by atoms with Crippen molar-refractivity contribution in [1.82, 2.24) is 0 Å². The monoisotopic (exact) mass is 283 g/mol. The Labute approximate surface area is 125 Å². The third-order valence-corrected chi connectivity index (χ3v) is 3.29. The number of rotatable bonds is 4. The van der Waals surface area contributed by atoms with Gasteiger partial charge in [0.25, 0.3) is 0 Å². The van der Waals surface area contributed by atoms with E-state index in [1.54, 1.807) is 4.90 Å². The SMILES string of the molecule is CCN(C(=O)Nc1cccc(CN)c1)c1cccc(C)c1. The predicted octanol–water partition coefficient (Wildman–Crippen LogP) is 3.51. The van der Waals surface area contributed by atoms with Gasteiger partial charge in [-0.15, -0.1) is 0 Å². The van der Waals surface area contributed by atoms with Crippen molar-refractivity contribution in [1.29, 1.82) is 0 Å². The van der Waals surface area contributed by atoms with Crippen molar-refractivity contribution < 1.29 is 4.79 Å². The molecule has 0 radical (unpaired) electrons. The maximum absolute atomic E-state index is 12.4. The summed E-state index contributed by atoms with van der Waals surface area (Å²) in [7, 11) is 0. The van der Waals surface area contributed by atoms with Crippen LogP contribution in [0.2, 0.25) is 0 Å². The zero-order valence-electron chi connectivity index (χ0n) is 12.5. The molecule has 4 heteroatoms. The van der Waals surface area contributed by atoms with Gasteiger partial charge in [-0.2, -0.15) is 0 Å². The molecule has 2 rings (SSSR count). The average molecular weight is 283 g/mol. The van der Waals surface area contributed by atoms with Crippen LogP contribution >= 0.6 is 0 Å². The molecule has 0 bridgehead atoms. The standard InChI is InChI=1S/C17H21N3O/c1-3-20(16-9-4-6-13(2)10-16)17(21)19-15-8-5-7-14(11-15)12-18/h4-11H,3,12,18H2,1-2H3,(H,19,21). The lowest BCUT2D eigenvalue weighted by atomic mass is 10.2. The van der Waals surface area contributed by atoms with Crippen LogP contribution in [0.15, 0.2) is 48.5 Å². The highest BCUT2D eigenvalue weighted by Crippen LogP contribution is 2.18. The molecule has 2 amide bonds. The molecule has 0 fully saturated rings. The Kier molecular flexibility index (Phi) is 4.95. The Bertz CT molecular complexity index is 625. The van der Waals surface area contributed by atoms with E-state index in [4.69, 9.17) is 5.73 Å². The summed E-state index contributed by atoms with van der Waals surface area (Å²) in [6, 6.07) is 15.3. The normalized spacial score (nSPS) is 10.2. The van der Waals surface area contributed by atoms with E-state index in [9.17, 15) is 4.79 Å². The Morgan fingerprint density at radius 1 is 1.19 bits per heavy atom. The minimum absolute atomic E-state index is 0.141. The summed E-state index contributed by atoms with van der Waals surface area (Å²) in [6.07, 6.45) is 0. The van der Waals surface area contributed by atoms with Crippen LogP contribution in [0, 0.1) is 6.92 Å². The smallest absolute Gasteiger partial charge is 0.326 e.